The van der Waals surface area contributed by atoms with E-state index in [-0.39, 0.29) is 0 Å². The molecule has 0 aliphatic rings. The second-order valence-electron chi connectivity index (χ2n) is 6.79. The van der Waals surface area contributed by atoms with Crippen LogP contribution in [-0.2, 0) is 0 Å². The second kappa shape index (κ2) is 10.6. The van der Waals surface area contributed by atoms with Gasteiger partial charge in [0, 0.05) is 22.1 Å². The van der Waals surface area contributed by atoms with Crippen LogP contribution in [-0.4, -0.2) is 16.9 Å². The van der Waals surface area contributed by atoms with Crippen molar-refractivity contribution in [2.45, 2.75) is 13.8 Å². The summed E-state index contributed by atoms with van der Waals surface area (Å²) in [5.41, 5.74) is 7.59. The number of nitrogens with zero attached hydrogens (tertiary/aromatic N) is 1. The smallest absolute Gasteiger partial charge is 0.332 e. The quantitative estimate of drug-likeness (QED) is 0.218. The van der Waals surface area contributed by atoms with Crippen molar-refractivity contribution >= 4 is 57.7 Å². The molecule has 0 saturated carbocycles. The van der Waals surface area contributed by atoms with Crippen LogP contribution in [0.5, 0.6) is 0 Å². The average molecular weight is 452 g/mol. The molecule has 0 spiro atoms. The van der Waals surface area contributed by atoms with Crippen molar-refractivity contribution in [2.24, 2.45) is 5.10 Å². The van der Waals surface area contributed by atoms with Crippen LogP contribution in [0.25, 0.3) is 0 Å². The van der Waals surface area contributed by atoms with E-state index < -0.39 is 6.03 Å². The summed E-state index contributed by atoms with van der Waals surface area (Å²) in [5, 5.41) is 14.2. The number of halogens is 1. The Balaban J connectivity index is 1.52. The molecule has 0 radical (unpaired) electrons. The third-order valence-electron chi connectivity index (χ3n) is 4.30. The maximum atomic E-state index is 12.0. The number of anilines is 3. The van der Waals surface area contributed by atoms with Crippen LogP contribution in [0.1, 0.15) is 18.1 Å². The van der Waals surface area contributed by atoms with Crippen molar-refractivity contribution < 1.29 is 4.79 Å². The summed E-state index contributed by atoms with van der Waals surface area (Å²) in [6.07, 6.45) is 0. The number of thiocarbonyl (C=S) groups is 1. The zero-order valence-electron chi connectivity index (χ0n) is 17.1. The van der Waals surface area contributed by atoms with Crippen LogP contribution in [0, 0.1) is 6.92 Å². The van der Waals surface area contributed by atoms with E-state index >= 15 is 0 Å². The monoisotopic (exact) mass is 451 g/mol. The largest absolute Gasteiger partial charge is 0.339 e. The molecule has 3 rings (SSSR count). The number of amides is 2. The highest BCUT2D eigenvalue weighted by atomic mass is 35.5. The van der Waals surface area contributed by atoms with Gasteiger partial charge in [0.2, 0.25) is 0 Å². The van der Waals surface area contributed by atoms with Crippen molar-refractivity contribution in [3.05, 3.63) is 88.9 Å². The molecule has 158 valence electrons. The molecule has 0 aliphatic heterocycles. The number of aryl methyl sites for hydroxylation is 1. The van der Waals surface area contributed by atoms with Crippen molar-refractivity contribution in [3.63, 3.8) is 0 Å². The molecule has 4 N–H and O–H groups in total. The van der Waals surface area contributed by atoms with Crippen LogP contribution in [0.3, 0.4) is 0 Å². The standard InChI is InChI=1S/C23H22ClN5OS/c1-15-3-9-20(10-4-15)26-23(31)27-21-11-5-17(6-12-21)16(2)28-29-22(30)25-19-13-7-18(24)8-14-19/h3-14H,1-2H3,(H2,25,29,30)(H2,26,27,31)/b28-16-. The van der Waals surface area contributed by atoms with E-state index in [9.17, 15) is 4.79 Å². The molecule has 8 heteroatoms. The second-order valence-corrected chi connectivity index (χ2v) is 7.64. The normalized spacial score (nSPS) is 10.9. The van der Waals surface area contributed by atoms with E-state index in [0.717, 1.165) is 16.9 Å². The van der Waals surface area contributed by atoms with Gasteiger partial charge in [-0.2, -0.15) is 5.10 Å². The minimum absolute atomic E-state index is 0.438. The maximum Gasteiger partial charge on any atom is 0.339 e. The molecular weight excluding hydrogens is 430 g/mol. The number of hydrazone groups is 1. The highest BCUT2D eigenvalue weighted by Gasteiger charge is 2.04. The number of hydrogen-bond acceptors (Lipinski definition) is 3. The molecule has 2 amide bonds. The minimum atomic E-state index is -0.438. The lowest BCUT2D eigenvalue weighted by Crippen LogP contribution is -2.25. The molecule has 0 saturated heterocycles. The fraction of sp³-hybridized carbons (Fsp3) is 0.0870. The summed E-state index contributed by atoms with van der Waals surface area (Å²) < 4.78 is 0. The predicted molar refractivity (Wildman–Crippen MR) is 133 cm³/mol. The molecule has 0 aliphatic carbocycles. The van der Waals surface area contributed by atoms with Crippen molar-refractivity contribution in [1.82, 2.24) is 5.43 Å². The fourth-order valence-corrected chi connectivity index (χ4v) is 2.98. The van der Waals surface area contributed by atoms with Crippen molar-refractivity contribution in [3.8, 4) is 0 Å². The van der Waals surface area contributed by atoms with Gasteiger partial charge in [-0.15, -0.1) is 0 Å². The summed E-state index contributed by atoms with van der Waals surface area (Å²) in [6.45, 7) is 3.85. The number of benzene rings is 3. The van der Waals surface area contributed by atoms with E-state index in [1.54, 1.807) is 24.3 Å². The van der Waals surface area contributed by atoms with Gasteiger partial charge in [0.05, 0.1) is 5.71 Å². The summed E-state index contributed by atoms with van der Waals surface area (Å²) in [7, 11) is 0. The fourth-order valence-electron chi connectivity index (χ4n) is 2.62. The van der Waals surface area contributed by atoms with Crippen LogP contribution >= 0.6 is 23.8 Å². The van der Waals surface area contributed by atoms with Gasteiger partial charge < -0.3 is 16.0 Å². The van der Waals surface area contributed by atoms with Gasteiger partial charge in [0.1, 0.15) is 0 Å². The first kappa shape index (κ1) is 22.3. The van der Waals surface area contributed by atoms with Crippen molar-refractivity contribution in [1.29, 1.82) is 0 Å². The zero-order chi connectivity index (χ0) is 22.2. The predicted octanol–water partition coefficient (Wildman–Crippen LogP) is 6.00. The molecule has 0 heterocycles. The van der Waals surface area contributed by atoms with Crippen LogP contribution in [0.4, 0.5) is 21.9 Å². The van der Waals surface area contributed by atoms with Gasteiger partial charge in [0.25, 0.3) is 0 Å². The Morgan fingerprint density at radius 2 is 1.29 bits per heavy atom. The highest BCUT2D eigenvalue weighted by molar-refractivity contribution is 7.80. The minimum Gasteiger partial charge on any atom is -0.332 e. The molecule has 0 unspecified atom stereocenters. The summed E-state index contributed by atoms with van der Waals surface area (Å²) >= 11 is 11.2. The molecule has 0 atom stereocenters. The van der Waals surface area contributed by atoms with Gasteiger partial charge in [-0.05, 0) is 80.2 Å². The Bertz CT molecular complexity index is 1080. The molecule has 0 aromatic heterocycles. The first-order valence-corrected chi connectivity index (χ1v) is 10.3. The number of nitrogens with one attached hydrogen (secondary N) is 4. The third kappa shape index (κ3) is 7.09. The molecule has 0 bridgehead atoms. The lowest BCUT2D eigenvalue weighted by atomic mass is 10.1. The first-order chi connectivity index (χ1) is 14.9. The highest BCUT2D eigenvalue weighted by Crippen LogP contribution is 2.14. The van der Waals surface area contributed by atoms with Gasteiger partial charge in [-0.1, -0.05) is 41.4 Å². The van der Waals surface area contributed by atoms with E-state index in [1.807, 2.05) is 62.4 Å². The Morgan fingerprint density at radius 1 is 0.806 bits per heavy atom. The van der Waals surface area contributed by atoms with Crippen molar-refractivity contribution in [2.75, 3.05) is 16.0 Å². The molecule has 6 nitrogen and oxygen atoms in total. The topological polar surface area (TPSA) is 77.5 Å². The molecule has 0 fully saturated rings. The summed E-state index contributed by atoms with van der Waals surface area (Å²) in [6, 6.07) is 21.9. The van der Waals surface area contributed by atoms with E-state index in [0.29, 0.717) is 21.5 Å². The summed E-state index contributed by atoms with van der Waals surface area (Å²) in [5.74, 6) is 0. The van der Waals surface area contributed by atoms with E-state index in [2.05, 4.69) is 26.5 Å². The lowest BCUT2D eigenvalue weighted by Gasteiger charge is -2.11. The number of urea groups is 1. The van der Waals surface area contributed by atoms with Crippen LogP contribution < -0.4 is 21.4 Å². The molecule has 3 aromatic rings. The third-order valence-corrected chi connectivity index (χ3v) is 4.75. The maximum absolute atomic E-state index is 12.0. The van der Waals surface area contributed by atoms with Crippen LogP contribution in [0.2, 0.25) is 5.02 Å². The Kier molecular flexibility index (Phi) is 7.59. The molecule has 31 heavy (non-hydrogen) atoms. The van der Waals surface area contributed by atoms with Gasteiger partial charge >= 0.3 is 6.03 Å². The Morgan fingerprint density at radius 3 is 1.87 bits per heavy atom. The van der Waals surface area contributed by atoms with Crippen LogP contribution in [0.15, 0.2) is 77.9 Å². The number of hydrogen-bond donors (Lipinski definition) is 4. The molecule has 3 aromatic carbocycles. The van der Waals surface area contributed by atoms with Gasteiger partial charge in [-0.25, -0.2) is 10.2 Å². The number of carbonyl (C=O) groups is 1. The SMILES string of the molecule is C/C(=N/NC(=O)Nc1ccc(Cl)cc1)c1ccc(NC(=S)Nc2ccc(C)cc2)cc1. The first-order valence-electron chi connectivity index (χ1n) is 9.51. The summed E-state index contributed by atoms with van der Waals surface area (Å²) in [4.78, 5) is 12.0. The van der Waals surface area contributed by atoms with E-state index in [4.69, 9.17) is 23.8 Å². The number of carbonyl (C=O) groups excluding carboxylic acids is 1. The zero-order valence-corrected chi connectivity index (χ0v) is 18.6. The van der Waals surface area contributed by atoms with E-state index in [1.165, 1.54) is 5.56 Å². The Hall–Kier alpha value is -3.42. The van der Waals surface area contributed by atoms with Gasteiger partial charge in [0.15, 0.2) is 5.11 Å². The Labute approximate surface area is 191 Å². The van der Waals surface area contributed by atoms with Gasteiger partial charge in [-0.3, -0.25) is 0 Å². The lowest BCUT2D eigenvalue weighted by molar-refractivity contribution is 0.252. The average Bonchev–Trinajstić information content (AvgIpc) is 2.76. The molecular formula is C23H22ClN5OS. The number of rotatable bonds is 5.